The van der Waals surface area contributed by atoms with Gasteiger partial charge in [0.15, 0.2) is 0 Å². The SMILES string of the molecule is CCS(=O)(=O)N1CCOCC2CN(Cc3cccc(OC)n3)CCC21. The number of aromatic nitrogens is 1. The molecule has 3 heterocycles. The number of fused-ring (bicyclic) bond motifs is 1. The second kappa shape index (κ2) is 7.99. The van der Waals surface area contributed by atoms with E-state index in [-0.39, 0.29) is 17.7 Å². The van der Waals surface area contributed by atoms with Gasteiger partial charge in [-0.1, -0.05) is 6.07 Å². The van der Waals surface area contributed by atoms with Crippen molar-refractivity contribution in [2.75, 3.05) is 45.7 Å². The van der Waals surface area contributed by atoms with Crippen LogP contribution in [0, 0.1) is 5.92 Å². The molecular weight excluding hydrogens is 342 g/mol. The van der Waals surface area contributed by atoms with Gasteiger partial charge in [-0.25, -0.2) is 13.4 Å². The molecule has 0 saturated carbocycles. The van der Waals surface area contributed by atoms with E-state index in [1.165, 1.54) is 0 Å². The Kier molecular flexibility index (Phi) is 5.93. The van der Waals surface area contributed by atoms with Gasteiger partial charge in [-0.3, -0.25) is 4.90 Å². The predicted molar refractivity (Wildman–Crippen MR) is 94.9 cm³/mol. The Morgan fingerprint density at radius 1 is 1.36 bits per heavy atom. The molecule has 0 radical (unpaired) electrons. The van der Waals surface area contributed by atoms with Crippen LogP contribution in [0.15, 0.2) is 18.2 Å². The minimum atomic E-state index is -3.19. The number of sulfonamides is 1. The highest BCUT2D eigenvalue weighted by molar-refractivity contribution is 7.89. The van der Waals surface area contributed by atoms with Gasteiger partial charge in [-0.05, 0) is 19.4 Å². The summed E-state index contributed by atoms with van der Waals surface area (Å²) in [6.07, 6.45) is 0.831. The Balaban J connectivity index is 1.69. The Morgan fingerprint density at radius 3 is 2.96 bits per heavy atom. The molecule has 0 amide bonds. The Labute approximate surface area is 150 Å². The lowest BCUT2D eigenvalue weighted by molar-refractivity contribution is 0.0607. The highest BCUT2D eigenvalue weighted by atomic mass is 32.2. The third-order valence-corrected chi connectivity index (χ3v) is 6.93. The van der Waals surface area contributed by atoms with Gasteiger partial charge >= 0.3 is 0 Å². The van der Waals surface area contributed by atoms with Crippen molar-refractivity contribution in [3.8, 4) is 5.88 Å². The van der Waals surface area contributed by atoms with E-state index >= 15 is 0 Å². The third kappa shape index (κ3) is 4.31. The molecule has 0 aromatic carbocycles. The largest absolute Gasteiger partial charge is 0.481 e. The first-order valence-electron chi connectivity index (χ1n) is 8.83. The van der Waals surface area contributed by atoms with Crippen LogP contribution in [0.3, 0.4) is 0 Å². The molecule has 7 nitrogen and oxygen atoms in total. The van der Waals surface area contributed by atoms with Crippen molar-refractivity contribution < 1.29 is 17.9 Å². The summed E-state index contributed by atoms with van der Waals surface area (Å²) >= 11 is 0. The average molecular weight is 369 g/mol. The zero-order valence-corrected chi connectivity index (χ0v) is 15.7. The molecule has 2 unspecified atom stereocenters. The molecule has 0 N–H and O–H groups in total. The Bertz CT molecular complexity index is 682. The van der Waals surface area contributed by atoms with Crippen LogP contribution in [-0.4, -0.2) is 74.4 Å². The molecule has 0 aliphatic carbocycles. The molecule has 2 fully saturated rings. The topological polar surface area (TPSA) is 72.0 Å². The van der Waals surface area contributed by atoms with Gasteiger partial charge in [0.05, 0.1) is 31.8 Å². The maximum atomic E-state index is 12.4. The zero-order chi connectivity index (χ0) is 17.9. The van der Waals surface area contributed by atoms with Gasteiger partial charge in [0.2, 0.25) is 15.9 Å². The van der Waals surface area contributed by atoms with Crippen LogP contribution in [0.5, 0.6) is 5.88 Å². The minimum absolute atomic E-state index is 0.0435. The molecule has 0 spiro atoms. The third-order valence-electron chi connectivity index (χ3n) is 5.03. The van der Waals surface area contributed by atoms with E-state index in [9.17, 15) is 8.42 Å². The van der Waals surface area contributed by atoms with Crippen molar-refractivity contribution in [3.63, 3.8) is 0 Å². The lowest BCUT2D eigenvalue weighted by Crippen LogP contribution is -2.53. The smallest absolute Gasteiger partial charge is 0.214 e. The fourth-order valence-corrected chi connectivity index (χ4v) is 5.11. The van der Waals surface area contributed by atoms with Crippen LogP contribution in [0.25, 0.3) is 0 Å². The molecule has 2 saturated heterocycles. The molecule has 25 heavy (non-hydrogen) atoms. The normalized spacial score (nSPS) is 26.0. The molecule has 140 valence electrons. The second-order valence-electron chi connectivity index (χ2n) is 6.61. The molecule has 1 aromatic heterocycles. The number of methoxy groups -OCH3 is 1. The second-order valence-corrected chi connectivity index (χ2v) is 8.82. The summed E-state index contributed by atoms with van der Waals surface area (Å²) < 4.78 is 37.5. The van der Waals surface area contributed by atoms with Crippen LogP contribution < -0.4 is 4.74 Å². The molecule has 3 rings (SSSR count). The van der Waals surface area contributed by atoms with Crippen molar-refractivity contribution >= 4 is 10.0 Å². The predicted octanol–water partition coefficient (Wildman–Crippen LogP) is 0.963. The first-order valence-corrected chi connectivity index (χ1v) is 10.4. The summed E-state index contributed by atoms with van der Waals surface area (Å²) in [5.41, 5.74) is 0.963. The number of pyridine rings is 1. The molecule has 2 atom stereocenters. The first kappa shape index (κ1) is 18.6. The number of piperidine rings is 1. The van der Waals surface area contributed by atoms with E-state index in [0.717, 1.165) is 31.7 Å². The van der Waals surface area contributed by atoms with Crippen LogP contribution in [0.2, 0.25) is 0 Å². The van der Waals surface area contributed by atoms with Crippen LogP contribution in [0.4, 0.5) is 0 Å². The number of ether oxygens (including phenoxy) is 2. The van der Waals surface area contributed by atoms with Crippen molar-refractivity contribution in [1.82, 2.24) is 14.2 Å². The van der Waals surface area contributed by atoms with Crippen LogP contribution >= 0.6 is 0 Å². The number of hydrogen-bond donors (Lipinski definition) is 0. The van der Waals surface area contributed by atoms with Gasteiger partial charge in [-0.2, -0.15) is 4.31 Å². The summed E-state index contributed by atoms with van der Waals surface area (Å²) in [6, 6.07) is 5.81. The van der Waals surface area contributed by atoms with E-state index in [2.05, 4.69) is 9.88 Å². The lowest BCUT2D eigenvalue weighted by Gasteiger charge is -2.41. The van der Waals surface area contributed by atoms with Crippen LogP contribution in [-0.2, 0) is 21.3 Å². The maximum absolute atomic E-state index is 12.4. The standard InChI is InChI=1S/C17H27N3O4S/c1-3-25(21,22)20-9-10-24-13-14-11-19(8-7-16(14)20)12-15-5-4-6-17(18-15)23-2/h4-6,14,16H,3,7-13H2,1-2H3. The number of likely N-dealkylation sites (tertiary alicyclic amines) is 1. The summed E-state index contributed by atoms with van der Waals surface area (Å²) in [5.74, 6) is 0.960. The molecule has 1 aromatic rings. The molecule has 0 bridgehead atoms. The quantitative estimate of drug-likeness (QED) is 0.770. The van der Waals surface area contributed by atoms with Gasteiger partial charge in [0, 0.05) is 44.2 Å². The number of nitrogens with zero attached hydrogens (tertiary/aromatic N) is 3. The minimum Gasteiger partial charge on any atom is -0.481 e. The fourth-order valence-electron chi connectivity index (χ4n) is 3.74. The Morgan fingerprint density at radius 2 is 2.20 bits per heavy atom. The monoisotopic (exact) mass is 369 g/mol. The van der Waals surface area contributed by atoms with Crippen molar-refractivity contribution in [3.05, 3.63) is 23.9 Å². The van der Waals surface area contributed by atoms with Crippen molar-refractivity contribution in [2.45, 2.75) is 25.9 Å². The van der Waals surface area contributed by atoms with Crippen molar-refractivity contribution in [2.24, 2.45) is 5.92 Å². The summed E-state index contributed by atoms with van der Waals surface area (Å²) in [5, 5.41) is 0. The van der Waals surface area contributed by atoms with E-state index in [1.807, 2.05) is 18.2 Å². The first-order chi connectivity index (χ1) is 12.0. The zero-order valence-electron chi connectivity index (χ0n) is 14.9. The summed E-state index contributed by atoms with van der Waals surface area (Å²) in [4.78, 5) is 6.80. The maximum Gasteiger partial charge on any atom is 0.214 e. The highest BCUT2D eigenvalue weighted by Crippen LogP contribution is 2.28. The highest BCUT2D eigenvalue weighted by Gasteiger charge is 2.39. The fraction of sp³-hybridized carbons (Fsp3) is 0.706. The molecule has 2 aliphatic heterocycles. The molecular formula is C17H27N3O4S. The van der Waals surface area contributed by atoms with Gasteiger partial charge in [0.1, 0.15) is 0 Å². The van der Waals surface area contributed by atoms with Crippen molar-refractivity contribution in [1.29, 1.82) is 0 Å². The van der Waals surface area contributed by atoms with E-state index in [1.54, 1.807) is 18.3 Å². The lowest BCUT2D eigenvalue weighted by atomic mass is 9.93. The van der Waals surface area contributed by atoms with E-state index < -0.39 is 10.0 Å². The van der Waals surface area contributed by atoms with E-state index in [4.69, 9.17) is 9.47 Å². The van der Waals surface area contributed by atoms with Gasteiger partial charge in [-0.15, -0.1) is 0 Å². The molecule has 2 aliphatic rings. The number of hydrogen-bond acceptors (Lipinski definition) is 6. The summed E-state index contributed by atoms with van der Waals surface area (Å²) in [7, 11) is -1.58. The summed E-state index contributed by atoms with van der Waals surface area (Å²) in [6.45, 7) is 5.68. The van der Waals surface area contributed by atoms with Gasteiger partial charge in [0.25, 0.3) is 0 Å². The molecule has 8 heteroatoms. The number of rotatable bonds is 5. The van der Waals surface area contributed by atoms with Gasteiger partial charge < -0.3 is 9.47 Å². The average Bonchev–Trinajstić information content (AvgIpc) is 2.84. The van der Waals surface area contributed by atoms with Crippen LogP contribution in [0.1, 0.15) is 19.0 Å². The van der Waals surface area contributed by atoms with E-state index in [0.29, 0.717) is 25.6 Å². The Hall–Kier alpha value is -1.22.